The van der Waals surface area contributed by atoms with Crippen LogP contribution in [0.15, 0.2) is 0 Å². The maximum absolute atomic E-state index is 9.12. The molecule has 0 heterocycles. The molecule has 0 aromatic carbocycles. The lowest BCUT2D eigenvalue weighted by atomic mass is 10.1. The minimum absolute atomic E-state index is 0.0793. The Morgan fingerprint density at radius 1 is 1.27 bits per heavy atom. The fraction of sp³-hybridized carbons (Fsp3) is 1.00. The zero-order chi connectivity index (χ0) is 11.9. The Morgan fingerprint density at radius 2 is 1.87 bits per heavy atom. The summed E-state index contributed by atoms with van der Waals surface area (Å²) < 4.78 is 0. The molecule has 0 aliphatic rings. The van der Waals surface area contributed by atoms with Crippen molar-refractivity contribution in [3.05, 3.63) is 0 Å². The summed E-state index contributed by atoms with van der Waals surface area (Å²) in [5, 5.41) is 9.12. The molecule has 3 N–H and O–H groups in total. The van der Waals surface area contributed by atoms with Gasteiger partial charge in [0.1, 0.15) is 0 Å². The third kappa shape index (κ3) is 6.11. The van der Waals surface area contributed by atoms with Crippen LogP contribution in [0.25, 0.3) is 0 Å². The van der Waals surface area contributed by atoms with Crippen molar-refractivity contribution in [1.82, 2.24) is 0 Å². The fourth-order valence-corrected chi connectivity index (χ4v) is 9.01. The van der Waals surface area contributed by atoms with Crippen LogP contribution in [0.2, 0.25) is 0 Å². The Labute approximate surface area is 97.8 Å². The van der Waals surface area contributed by atoms with Crippen molar-refractivity contribution in [2.45, 2.75) is 38.3 Å². The molecule has 94 valence electrons. The highest BCUT2D eigenvalue weighted by atomic mass is 32.8. The number of hydrogen-bond acceptors (Lipinski definition) is 2. The standard InChI is InChI=1S/C11H28NOPS/c1-5-6-7-11(8-9-13)14(10-12)15(2,3)4/h11,13H,5-10,12H2,1-4H3/t11-,14?/m1/s1. The molecular weight excluding hydrogens is 225 g/mol. The predicted octanol–water partition coefficient (Wildman–Crippen LogP) is 2.93. The van der Waals surface area contributed by atoms with Crippen molar-refractivity contribution in [2.24, 2.45) is 5.73 Å². The maximum atomic E-state index is 9.12. The van der Waals surface area contributed by atoms with Gasteiger partial charge in [-0.05, 0) is 44.4 Å². The van der Waals surface area contributed by atoms with Crippen LogP contribution in [0.1, 0.15) is 32.6 Å². The van der Waals surface area contributed by atoms with E-state index >= 15 is 0 Å². The molecule has 1 unspecified atom stereocenters. The molecule has 0 radical (unpaired) electrons. The number of rotatable bonds is 8. The highest BCUT2D eigenvalue weighted by molar-refractivity contribution is 8.76. The molecule has 0 aliphatic carbocycles. The monoisotopic (exact) mass is 253 g/mol. The van der Waals surface area contributed by atoms with Gasteiger partial charge in [0.15, 0.2) is 0 Å². The number of aliphatic hydroxyl groups is 1. The van der Waals surface area contributed by atoms with E-state index in [1.54, 1.807) is 0 Å². The van der Waals surface area contributed by atoms with Crippen molar-refractivity contribution in [2.75, 3.05) is 31.7 Å². The van der Waals surface area contributed by atoms with Gasteiger partial charge in [0, 0.05) is 12.9 Å². The third-order valence-corrected chi connectivity index (χ3v) is 11.3. The second-order valence-electron chi connectivity index (χ2n) is 4.68. The van der Waals surface area contributed by atoms with E-state index < -0.39 is 9.65 Å². The van der Waals surface area contributed by atoms with Gasteiger partial charge < -0.3 is 10.8 Å². The van der Waals surface area contributed by atoms with Gasteiger partial charge in [-0.15, -0.1) is 0 Å². The molecule has 2 nitrogen and oxygen atoms in total. The molecule has 0 saturated carbocycles. The van der Waals surface area contributed by atoms with Crippen molar-refractivity contribution < 1.29 is 5.11 Å². The summed E-state index contributed by atoms with van der Waals surface area (Å²) >= 11 is 0. The number of nitrogens with two attached hydrogens (primary N) is 1. The summed E-state index contributed by atoms with van der Waals surface area (Å²) in [4.78, 5) is 0. The lowest BCUT2D eigenvalue weighted by Gasteiger charge is -2.41. The summed E-state index contributed by atoms with van der Waals surface area (Å²) in [6.07, 6.45) is 12.7. The Hall–Kier alpha value is 0.700. The van der Waals surface area contributed by atoms with Gasteiger partial charge in [-0.25, -0.2) is 9.65 Å². The molecule has 0 aromatic rings. The summed E-state index contributed by atoms with van der Waals surface area (Å²) in [5.41, 5.74) is 6.61. The first-order valence-electron chi connectivity index (χ1n) is 5.73. The smallest absolute Gasteiger partial charge is 0.0437 e. The molecule has 0 aliphatic heterocycles. The van der Waals surface area contributed by atoms with Crippen LogP contribution < -0.4 is 5.73 Å². The normalized spacial score (nSPS) is 17.5. The van der Waals surface area contributed by atoms with E-state index in [4.69, 9.17) is 10.8 Å². The van der Waals surface area contributed by atoms with Crippen LogP contribution in [0.3, 0.4) is 0 Å². The van der Waals surface area contributed by atoms with Crippen molar-refractivity contribution >= 4 is 16.8 Å². The van der Waals surface area contributed by atoms with Gasteiger partial charge >= 0.3 is 0 Å². The van der Waals surface area contributed by atoms with E-state index in [-0.39, 0.29) is 7.12 Å². The molecule has 0 rings (SSSR count). The maximum Gasteiger partial charge on any atom is 0.0437 e. The first-order valence-corrected chi connectivity index (χ1v) is 10.8. The van der Waals surface area contributed by atoms with Gasteiger partial charge in [-0.3, -0.25) is 0 Å². The van der Waals surface area contributed by atoms with E-state index in [1.807, 2.05) is 0 Å². The van der Waals surface area contributed by atoms with E-state index in [0.29, 0.717) is 12.3 Å². The van der Waals surface area contributed by atoms with E-state index in [2.05, 4.69) is 25.7 Å². The molecular formula is C11H28NOPS. The number of unbranched alkanes of at least 4 members (excludes halogenated alkanes) is 1. The molecule has 15 heavy (non-hydrogen) atoms. The highest BCUT2D eigenvalue weighted by Gasteiger charge is 2.26. The average Bonchev–Trinajstić information content (AvgIpc) is 2.13. The molecule has 0 aromatic heterocycles. The average molecular weight is 253 g/mol. The zero-order valence-corrected chi connectivity index (χ0v) is 12.4. The van der Waals surface area contributed by atoms with Gasteiger partial charge in [0.05, 0.1) is 0 Å². The van der Waals surface area contributed by atoms with Crippen molar-refractivity contribution in [1.29, 1.82) is 0 Å². The SMILES string of the molecule is CCCC[C@H](CCO)P(CN)S(C)(C)C. The Kier molecular flexibility index (Phi) is 8.26. The minimum Gasteiger partial charge on any atom is -0.396 e. The van der Waals surface area contributed by atoms with Crippen LogP contribution in [0.5, 0.6) is 0 Å². The van der Waals surface area contributed by atoms with Gasteiger partial charge in [-0.2, -0.15) is 0 Å². The second kappa shape index (κ2) is 7.89. The highest BCUT2D eigenvalue weighted by Crippen LogP contribution is 2.72. The Bertz CT molecular complexity index is 161. The largest absolute Gasteiger partial charge is 0.396 e. The topological polar surface area (TPSA) is 46.2 Å². The quantitative estimate of drug-likeness (QED) is 0.653. The molecule has 0 amide bonds. The van der Waals surface area contributed by atoms with Gasteiger partial charge in [0.2, 0.25) is 0 Å². The van der Waals surface area contributed by atoms with E-state index in [1.165, 1.54) is 19.3 Å². The van der Waals surface area contributed by atoms with E-state index in [9.17, 15) is 0 Å². The summed E-state index contributed by atoms with van der Waals surface area (Å²) in [5.74, 6) is 0. The number of hydrogen-bond donors (Lipinski definition) is 2. The third-order valence-electron chi connectivity index (χ3n) is 2.64. The predicted molar refractivity (Wildman–Crippen MR) is 76.4 cm³/mol. The summed E-state index contributed by atoms with van der Waals surface area (Å²) in [6, 6.07) is 0. The summed E-state index contributed by atoms with van der Waals surface area (Å²) in [7, 11) is -0.617. The van der Waals surface area contributed by atoms with Gasteiger partial charge in [-0.1, -0.05) is 19.8 Å². The van der Waals surface area contributed by atoms with Crippen LogP contribution >= 0.6 is 16.8 Å². The molecule has 4 heteroatoms. The zero-order valence-electron chi connectivity index (χ0n) is 10.7. The Morgan fingerprint density at radius 3 is 2.20 bits per heavy atom. The molecule has 0 spiro atoms. The lowest BCUT2D eigenvalue weighted by Crippen LogP contribution is -2.16. The first-order chi connectivity index (χ1) is 6.97. The lowest BCUT2D eigenvalue weighted by molar-refractivity contribution is 0.284. The molecule has 0 fully saturated rings. The first kappa shape index (κ1) is 15.7. The molecule has 2 atom stereocenters. The minimum atomic E-state index is -0.538. The van der Waals surface area contributed by atoms with Crippen LogP contribution in [-0.2, 0) is 0 Å². The number of aliphatic hydroxyl groups excluding tert-OH is 1. The molecule has 0 saturated heterocycles. The summed E-state index contributed by atoms with van der Waals surface area (Å²) in [6.45, 7) is 2.55. The second-order valence-corrected chi connectivity index (χ2v) is 14.8. The van der Waals surface area contributed by atoms with Crippen LogP contribution in [0.4, 0.5) is 0 Å². The van der Waals surface area contributed by atoms with Gasteiger partial charge in [0.25, 0.3) is 0 Å². The van der Waals surface area contributed by atoms with E-state index in [0.717, 1.165) is 12.7 Å². The van der Waals surface area contributed by atoms with Crippen LogP contribution in [-0.4, -0.2) is 42.4 Å². The molecule has 0 bridgehead atoms. The fourth-order valence-electron chi connectivity index (χ4n) is 1.84. The van der Waals surface area contributed by atoms with Crippen LogP contribution in [0, 0.1) is 0 Å². The van der Waals surface area contributed by atoms with Crippen molar-refractivity contribution in [3.63, 3.8) is 0 Å². The van der Waals surface area contributed by atoms with Crippen molar-refractivity contribution in [3.8, 4) is 0 Å². The Balaban J connectivity index is 4.40.